The van der Waals surface area contributed by atoms with Crippen LogP contribution in [0.4, 0.5) is 8.78 Å². The van der Waals surface area contributed by atoms with Crippen molar-refractivity contribution in [2.75, 3.05) is 0 Å². The molecule has 3 heterocycles. The van der Waals surface area contributed by atoms with E-state index in [2.05, 4.69) is 9.97 Å². The van der Waals surface area contributed by atoms with Gasteiger partial charge in [0.15, 0.2) is 22.5 Å². The summed E-state index contributed by atoms with van der Waals surface area (Å²) in [5, 5.41) is 11.4. The number of carboxylic acid groups (broad SMARTS) is 1. The lowest BCUT2D eigenvalue weighted by molar-refractivity contribution is 0.0691. The highest BCUT2D eigenvalue weighted by Crippen LogP contribution is 2.34. The molecule has 0 unspecified atom stereocenters. The van der Waals surface area contributed by atoms with Crippen molar-refractivity contribution in [1.82, 2.24) is 14.5 Å². The van der Waals surface area contributed by atoms with Gasteiger partial charge in [0.1, 0.15) is 5.65 Å². The average molecular weight is 357 g/mol. The van der Waals surface area contributed by atoms with Crippen molar-refractivity contribution in [3.63, 3.8) is 0 Å². The van der Waals surface area contributed by atoms with Gasteiger partial charge in [0.05, 0.1) is 0 Å². The number of aromatic nitrogens is 3. The first-order valence-electron chi connectivity index (χ1n) is 7.16. The molecule has 0 aliphatic heterocycles. The zero-order valence-corrected chi connectivity index (χ0v) is 13.3. The molecule has 25 heavy (non-hydrogen) atoms. The minimum atomic E-state index is -1.14. The van der Waals surface area contributed by atoms with Gasteiger partial charge in [-0.2, -0.15) is 0 Å². The van der Waals surface area contributed by atoms with Gasteiger partial charge in [0.2, 0.25) is 0 Å². The molecule has 1 N–H and O–H groups in total. The second-order valence-electron chi connectivity index (χ2n) is 5.21. The van der Waals surface area contributed by atoms with Crippen LogP contribution in [0.15, 0.2) is 48.1 Å². The Hall–Kier alpha value is -3.13. The topological polar surface area (TPSA) is 68.0 Å². The monoisotopic (exact) mass is 357 g/mol. The fourth-order valence-electron chi connectivity index (χ4n) is 2.60. The third-order valence-electron chi connectivity index (χ3n) is 3.72. The molecule has 5 nitrogen and oxygen atoms in total. The van der Waals surface area contributed by atoms with Crippen LogP contribution in [0.1, 0.15) is 10.5 Å². The summed E-state index contributed by atoms with van der Waals surface area (Å²) in [6.45, 7) is 0. The molecule has 4 aromatic rings. The fourth-order valence-corrected chi connectivity index (χ4v) is 3.38. The maximum absolute atomic E-state index is 14.2. The van der Waals surface area contributed by atoms with E-state index in [0.29, 0.717) is 21.7 Å². The number of benzene rings is 1. The van der Waals surface area contributed by atoms with Crippen LogP contribution in [0.5, 0.6) is 0 Å². The number of fused-ring (bicyclic) bond motifs is 1. The molecule has 4 rings (SSSR count). The molecule has 0 bridgehead atoms. The van der Waals surface area contributed by atoms with E-state index < -0.39 is 17.6 Å². The molecule has 0 saturated carbocycles. The van der Waals surface area contributed by atoms with E-state index in [0.717, 1.165) is 17.4 Å². The number of hydrogen-bond donors (Lipinski definition) is 1. The predicted octanol–water partition coefficient (Wildman–Crippen LogP) is 4.13. The van der Waals surface area contributed by atoms with Crippen LogP contribution in [0.2, 0.25) is 0 Å². The van der Waals surface area contributed by atoms with Crippen molar-refractivity contribution in [3.05, 3.63) is 65.4 Å². The summed E-state index contributed by atoms with van der Waals surface area (Å²) < 4.78 is 29.4. The number of nitrogens with zero attached hydrogens (tertiary/aromatic N) is 3. The number of rotatable bonds is 3. The summed E-state index contributed by atoms with van der Waals surface area (Å²) in [5.41, 5.74) is 0.947. The molecular formula is C17H9F2N3O2S. The lowest BCUT2D eigenvalue weighted by Crippen LogP contribution is -1.98. The molecule has 0 aliphatic rings. The highest BCUT2D eigenvalue weighted by Gasteiger charge is 2.19. The Morgan fingerprint density at radius 3 is 2.76 bits per heavy atom. The summed E-state index contributed by atoms with van der Waals surface area (Å²) in [6.07, 6.45) is 3.15. The van der Waals surface area contributed by atoms with Gasteiger partial charge in [-0.3, -0.25) is 4.57 Å². The standard InChI is InChI=1S/C17H9F2N3O2S/c18-12-5-1-3-9(14(12)19)11-7-22(15-10(11)4-2-6-20-15)17-21-13(8-25-17)16(23)24/h1-8H,(H,23,24). The van der Waals surface area contributed by atoms with Crippen LogP contribution in [-0.4, -0.2) is 25.6 Å². The van der Waals surface area contributed by atoms with Gasteiger partial charge in [-0.1, -0.05) is 12.1 Å². The second-order valence-corrected chi connectivity index (χ2v) is 6.05. The van der Waals surface area contributed by atoms with E-state index in [-0.39, 0.29) is 11.3 Å². The summed E-state index contributed by atoms with van der Waals surface area (Å²) in [5.74, 6) is -3.02. The summed E-state index contributed by atoms with van der Waals surface area (Å²) in [6, 6.07) is 7.40. The second kappa shape index (κ2) is 5.75. The van der Waals surface area contributed by atoms with E-state index in [1.807, 2.05) is 0 Å². The quantitative estimate of drug-likeness (QED) is 0.599. The van der Waals surface area contributed by atoms with Gasteiger partial charge in [-0.25, -0.2) is 23.5 Å². The van der Waals surface area contributed by atoms with Crippen molar-refractivity contribution >= 4 is 28.3 Å². The minimum Gasteiger partial charge on any atom is -0.476 e. The molecule has 124 valence electrons. The zero-order chi connectivity index (χ0) is 17.6. The normalized spacial score (nSPS) is 11.1. The molecule has 0 radical (unpaired) electrons. The molecule has 3 aromatic heterocycles. The Bertz CT molecular complexity index is 1120. The highest BCUT2D eigenvalue weighted by atomic mass is 32.1. The van der Waals surface area contributed by atoms with Gasteiger partial charge >= 0.3 is 5.97 Å². The van der Waals surface area contributed by atoms with Gasteiger partial charge < -0.3 is 5.11 Å². The number of aromatic carboxylic acids is 1. The third kappa shape index (κ3) is 2.47. The zero-order valence-electron chi connectivity index (χ0n) is 12.5. The van der Waals surface area contributed by atoms with Crippen LogP contribution in [0, 0.1) is 11.6 Å². The Morgan fingerprint density at radius 2 is 2.00 bits per heavy atom. The van der Waals surface area contributed by atoms with Crippen molar-refractivity contribution in [2.45, 2.75) is 0 Å². The van der Waals surface area contributed by atoms with E-state index in [4.69, 9.17) is 5.11 Å². The fraction of sp³-hybridized carbons (Fsp3) is 0. The maximum atomic E-state index is 14.2. The summed E-state index contributed by atoms with van der Waals surface area (Å²) >= 11 is 1.12. The van der Waals surface area contributed by atoms with Crippen molar-refractivity contribution in [3.8, 4) is 16.3 Å². The van der Waals surface area contributed by atoms with E-state index in [1.165, 1.54) is 17.5 Å². The van der Waals surface area contributed by atoms with E-state index in [1.54, 1.807) is 29.1 Å². The van der Waals surface area contributed by atoms with Gasteiger partial charge in [-0.05, 0) is 18.2 Å². The maximum Gasteiger partial charge on any atom is 0.355 e. The first kappa shape index (κ1) is 15.4. The van der Waals surface area contributed by atoms with E-state index in [9.17, 15) is 13.6 Å². The molecule has 8 heteroatoms. The summed E-state index contributed by atoms with van der Waals surface area (Å²) in [4.78, 5) is 19.4. The Labute approximate surface area is 143 Å². The third-order valence-corrected chi connectivity index (χ3v) is 4.56. The predicted molar refractivity (Wildman–Crippen MR) is 89.1 cm³/mol. The molecule has 0 fully saturated rings. The number of thiazole rings is 1. The molecule has 0 atom stereocenters. The van der Waals surface area contributed by atoms with Gasteiger partial charge in [0, 0.05) is 34.3 Å². The lowest BCUT2D eigenvalue weighted by atomic mass is 10.1. The van der Waals surface area contributed by atoms with Crippen LogP contribution in [0.25, 0.3) is 27.3 Å². The number of pyridine rings is 1. The smallest absolute Gasteiger partial charge is 0.355 e. The van der Waals surface area contributed by atoms with E-state index >= 15 is 0 Å². The molecule has 0 aliphatic carbocycles. The first-order valence-corrected chi connectivity index (χ1v) is 8.04. The van der Waals surface area contributed by atoms with Crippen LogP contribution in [-0.2, 0) is 0 Å². The number of carbonyl (C=O) groups is 1. The molecular weight excluding hydrogens is 348 g/mol. The van der Waals surface area contributed by atoms with Gasteiger partial charge in [-0.15, -0.1) is 11.3 Å². The lowest BCUT2D eigenvalue weighted by Gasteiger charge is -2.02. The Balaban J connectivity index is 1.98. The van der Waals surface area contributed by atoms with Crippen LogP contribution >= 0.6 is 11.3 Å². The number of hydrogen-bond acceptors (Lipinski definition) is 4. The van der Waals surface area contributed by atoms with Crippen molar-refractivity contribution < 1.29 is 18.7 Å². The Morgan fingerprint density at radius 1 is 1.16 bits per heavy atom. The molecule has 0 spiro atoms. The van der Waals surface area contributed by atoms with Crippen molar-refractivity contribution in [2.24, 2.45) is 0 Å². The summed E-state index contributed by atoms with van der Waals surface area (Å²) in [7, 11) is 0. The van der Waals surface area contributed by atoms with Crippen molar-refractivity contribution in [1.29, 1.82) is 0 Å². The van der Waals surface area contributed by atoms with Crippen LogP contribution < -0.4 is 0 Å². The first-order chi connectivity index (χ1) is 12.1. The largest absolute Gasteiger partial charge is 0.476 e. The highest BCUT2D eigenvalue weighted by molar-refractivity contribution is 7.12. The number of carboxylic acids is 1. The molecule has 1 aromatic carbocycles. The SMILES string of the molecule is O=C(O)c1csc(-n2cc(-c3cccc(F)c3F)c3cccnc32)n1. The number of halogens is 2. The van der Waals surface area contributed by atoms with Gasteiger partial charge in [0.25, 0.3) is 0 Å². The minimum absolute atomic E-state index is 0.0868. The Kier molecular flexibility index (Phi) is 3.54. The molecule has 0 saturated heterocycles. The molecule has 0 amide bonds. The van der Waals surface area contributed by atoms with Crippen LogP contribution in [0.3, 0.4) is 0 Å². The average Bonchev–Trinajstić information content (AvgIpc) is 3.22.